The van der Waals surface area contributed by atoms with Crippen LogP contribution in [0.2, 0.25) is 0 Å². The van der Waals surface area contributed by atoms with Crippen molar-refractivity contribution in [2.24, 2.45) is 0 Å². The molecule has 0 unspecified atom stereocenters. The number of nitrogens with one attached hydrogen (secondary N) is 2. The van der Waals surface area contributed by atoms with Crippen molar-refractivity contribution in [2.75, 3.05) is 23.7 Å². The number of amides is 3. The predicted octanol–water partition coefficient (Wildman–Crippen LogP) is 3.95. The second kappa shape index (κ2) is 8.03. The van der Waals surface area contributed by atoms with Gasteiger partial charge in [-0.1, -0.05) is 18.0 Å². The molecule has 1 aliphatic heterocycles. The highest BCUT2D eigenvalue weighted by Crippen LogP contribution is 2.18. The van der Waals surface area contributed by atoms with Crippen LogP contribution in [0.3, 0.4) is 0 Å². The summed E-state index contributed by atoms with van der Waals surface area (Å²) in [5, 5.41) is 9.52. The summed E-state index contributed by atoms with van der Waals surface area (Å²) in [6, 6.07) is 7.00. The summed E-state index contributed by atoms with van der Waals surface area (Å²) in [6.45, 7) is 5.04. The van der Waals surface area contributed by atoms with E-state index in [4.69, 9.17) is 4.52 Å². The molecule has 1 aliphatic rings. The molecule has 1 fully saturated rings. The molecule has 0 spiro atoms. The fourth-order valence-electron chi connectivity index (χ4n) is 3.11. The van der Waals surface area contributed by atoms with E-state index in [2.05, 4.69) is 15.8 Å². The van der Waals surface area contributed by atoms with Crippen LogP contribution in [0, 0.1) is 13.8 Å². The summed E-state index contributed by atoms with van der Waals surface area (Å²) in [7, 11) is 0. The highest BCUT2D eigenvalue weighted by Gasteiger charge is 2.18. The van der Waals surface area contributed by atoms with Gasteiger partial charge in [0.05, 0.1) is 5.69 Å². The van der Waals surface area contributed by atoms with Gasteiger partial charge in [0.25, 0.3) is 5.91 Å². The van der Waals surface area contributed by atoms with Crippen molar-refractivity contribution in [3.05, 3.63) is 41.3 Å². The number of hydrogen-bond acceptors (Lipinski definition) is 4. The maximum absolute atomic E-state index is 12.3. The third-order valence-corrected chi connectivity index (χ3v) is 4.55. The molecule has 1 aromatic carbocycles. The molecule has 1 aromatic heterocycles. The smallest absolute Gasteiger partial charge is 0.321 e. The molecule has 2 aromatic rings. The number of hydrogen-bond donors (Lipinski definition) is 2. The van der Waals surface area contributed by atoms with E-state index >= 15 is 0 Å². The second-order valence-corrected chi connectivity index (χ2v) is 6.56. The van der Waals surface area contributed by atoms with Crippen LogP contribution >= 0.6 is 0 Å². The average Bonchev–Trinajstić information content (AvgIpc) is 2.82. The van der Waals surface area contributed by atoms with Gasteiger partial charge in [0.15, 0.2) is 0 Å². The number of rotatable bonds is 3. The van der Waals surface area contributed by atoms with Crippen molar-refractivity contribution in [1.82, 2.24) is 10.1 Å². The zero-order valence-electron chi connectivity index (χ0n) is 15.2. The summed E-state index contributed by atoms with van der Waals surface area (Å²) >= 11 is 0. The molecule has 0 bridgehead atoms. The molecule has 7 heteroatoms. The lowest BCUT2D eigenvalue weighted by Gasteiger charge is -2.20. The standard InChI is InChI=1S/C19H24N4O3/c1-13-17(14(2)26-22-13)18(24)20-15-7-9-16(10-8-15)21-19(25)23-11-5-3-4-6-12-23/h7-10H,3-6,11-12H2,1-2H3,(H,20,24)(H,21,25). The van der Waals surface area contributed by atoms with Crippen molar-refractivity contribution in [3.8, 4) is 0 Å². The number of aromatic nitrogens is 1. The summed E-state index contributed by atoms with van der Waals surface area (Å²) in [5.74, 6) is 0.226. The minimum atomic E-state index is -0.261. The van der Waals surface area contributed by atoms with Gasteiger partial charge in [-0.05, 0) is 51.0 Å². The Bertz CT molecular complexity index is 755. The van der Waals surface area contributed by atoms with Crippen molar-refractivity contribution in [3.63, 3.8) is 0 Å². The molecule has 2 heterocycles. The van der Waals surface area contributed by atoms with E-state index in [1.54, 1.807) is 38.1 Å². The summed E-state index contributed by atoms with van der Waals surface area (Å²) in [6.07, 6.45) is 4.48. The van der Waals surface area contributed by atoms with Crippen LogP contribution in [0.4, 0.5) is 16.2 Å². The highest BCUT2D eigenvalue weighted by molar-refractivity contribution is 6.05. The summed E-state index contributed by atoms with van der Waals surface area (Å²) in [4.78, 5) is 26.5. The van der Waals surface area contributed by atoms with E-state index in [9.17, 15) is 9.59 Å². The number of benzene rings is 1. The number of urea groups is 1. The molecule has 2 N–H and O–H groups in total. The first kappa shape index (κ1) is 18.0. The Hall–Kier alpha value is -2.83. The Balaban J connectivity index is 1.59. The first-order valence-electron chi connectivity index (χ1n) is 8.95. The summed E-state index contributed by atoms with van der Waals surface area (Å²) < 4.78 is 5.02. The van der Waals surface area contributed by atoms with Crippen LogP contribution in [-0.4, -0.2) is 35.1 Å². The van der Waals surface area contributed by atoms with E-state index in [0.717, 1.165) is 25.9 Å². The monoisotopic (exact) mass is 356 g/mol. The molecule has 0 saturated carbocycles. The first-order chi connectivity index (χ1) is 12.5. The number of anilines is 2. The topological polar surface area (TPSA) is 87.5 Å². The van der Waals surface area contributed by atoms with Crippen LogP contribution in [0.5, 0.6) is 0 Å². The predicted molar refractivity (Wildman–Crippen MR) is 99.4 cm³/mol. The van der Waals surface area contributed by atoms with E-state index in [0.29, 0.717) is 28.4 Å². The molecule has 3 rings (SSSR count). The van der Waals surface area contributed by atoms with Crippen molar-refractivity contribution in [1.29, 1.82) is 0 Å². The van der Waals surface area contributed by atoms with Gasteiger partial charge in [-0.3, -0.25) is 4.79 Å². The molecule has 0 atom stereocenters. The van der Waals surface area contributed by atoms with Gasteiger partial charge in [0.2, 0.25) is 0 Å². The highest BCUT2D eigenvalue weighted by atomic mass is 16.5. The van der Waals surface area contributed by atoms with Crippen molar-refractivity contribution < 1.29 is 14.1 Å². The zero-order valence-corrected chi connectivity index (χ0v) is 15.2. The van der Waals surface area contributed by atoms with Gasteiger partial charge < -0.3 is 20.1 Å². The molecule has 26 heavy (non-hydrogen) atoms. The molecule has 0 radical (unpaired) electrons. The van der Waals surface area contributed by atoms with Crippen LogP contribution in [0.15, 0.2) is 28.8 Å². The molecule has 138 valence electrons. The van der Waals surface area contributed by atoms with E-state index in [-0.39, 0.29) is 11.9 Å². The second-order valence-electron chi connectivity index (χ2n) is 6.56. The molecule has 7 nitrogen and oxygen atoms in total. The molecule has 1 saturated heterocycles. The van der Waals surface area contributed by atoms with Gasteiger partial charge in [-0.15, -0.1) is 0 Å². The SMILES string of the molecule is Cc1noc(C)c1C(=O)Nc1ccc(NC(=O)N2CCCCCC2)cc1. The molecular weight excluding hydrogens is 332 g/mol. The fraction of sp³-hybridized carbons (Fsp3) is 0.421. The minimum Gasteiger partial charge on any atom is -0.361 e. The Labute approximate surface area is 152 Å². The van der Waals surface area contributed by atoms with E-state index < -0.39 is 0 Å². The molecule has 3 amide bonds. The first-order valence-corrected chi connectivity index (χ1v) is 8.95. The quantitative estimate of drug-likeness (QED) is 0.871. The maximum atomic E-state index is 12.3. The van der Waals surface area contributed by atoms with Crippen molar-refractivity contribution >= 4 is 23.3 Å². The lowest BCUT2D eigenvalue weighted by Crippen LogP contribution is -2.35. The lowest BCUT2D eigenvalue weighted by atomic mass is 10.2. The van der Waals surface area contributed by atoms with Gasteiger partial charge in [-0.2, -0.15) is 0 Å². The number of carbonyl (C=O) groups is 2. The average molecular weight is 356 g/mol. The Kier molecular flexibility index (Phi) is 5.55. The Morgan fingerprint density at radius 3 is 2.08 bits per heavy atom. The van der Waals surface area contributed by atoms with Crippen LogP contribution < -0.4 is 10.6 Å². The zero-order chi connectivity index (χ0) is 18.5. The van der Waals surface area contributed by atoms with Gasteiger partial charge in [0, 0.05) is 24.5 Å². The maximum Gasteiger partial charge on any atom is 0.321 e. The largest absolute Gasteiger partial charge is 0.361 e. The normalized spacial score (nSPS) is 14.6. The van der Waals surface area contributed by atoms with Gasteiger partial charge >= 0.3 is 6.03 Å². The minimum absolute atomic E-state index is 0.0700. The number of aryl methyl sites for hydroxylation is 2. The Morgan fingerprint density at radius 2 is 1.54 bits per heavy atom. The van der Waals surface area contributed by atoms with Gasteiger partial charge in [0.1, 0.15) is 11.3 Å². The van der Waals surface area contributed by atoms with E-state index in [1.807, 2.05) is 4.90 Å². The number of carbonyl (C=O) groups excluding carboxylic acids is 2. The molecular formula is C19H24N4O3. The fourth-order valence-corrected chi connectivity index (χ4v) is 3.11. The summed E-state index contributed by atoms with van der Waals surface area (Å²) in [5.41, 5.74) is 2.35. The van der Waals surface area contributed by atoms with Crippen LogP contribution in [-0.2, 0) is 0 Å². The van der Waals surface area contributed by atoms with Gasteiger partial charge in [-0.25, -0.2) is 4.79 Å². The number of likely N-dealkylation sites (tertiary alicyclic amines) is 1. The van der Waals surface area contributed by atoms with Crippen molar-refractivity contribution in [2.45, 2.75) is 39.5 Å². The molecule has 0 aliphatic carbocycles. The number of nitrogens with zero attached hydrogens (tertiary/aromatic N) is 2. The van der Waals surface area contributed by atoms with E-state index in [1.165, 1.54) is 12.8 Å². The third kappa shape index (κ3) is 4.22. The lowest BCUT2D eigenvalue weighted by molar-refractivity contribution is 0.102. The van der Waals surface area contributed by atoms with Crippen LogP contribution in [0.1, 0.15) is 47.5 Å². The Morgan fingerprint density at radius 1 is 0.962 bits per heavy atom. The van der Waals surface area contributed by atoms with Crippen LogP contribution in [0.25, 0.3) is 0 Å². The third-order valence-electron chi connectivity index (χ3n) is 4.55.